The van der Waals surface area contributed by atoms with Crippen molar-refractivity contribution in [1.29, 1.82) is 0 Å². The number of hydrogen-bond acceptors (Lipinski definition) is 1. The molecule has 2 heteroatoms. The van der Waals surface area contributed by atoms with Crippen molar-refractivity contribution < 1.29 is 0 Å². The van der Waals surface area contributed by atoms with Gasteiger partial charge in [0.05, 0.1) is 0 Å². The van der Waals surface area contributed by atoms with Crippen molar-refractivity contribution in [3.8, 4) is 0 Å². The van der Waals surface area contributed by atoms with E-state index in [2.05, 4.69) is 35.1 Å². The van der Waals surface area contributed by atoms with Gasteiger partial charge in [0, 0.05) is 12.6 Å². The fraction of sp³-hybridized carbons (Fsp3) is 0.857. The number of hydrogen-bond donors (Lipinski definition) is 1. The Morgan fingerprint density at radius 2 is 2.06 bits per heavy atom. The summed E-state index contributed by atoms with van der Waals surface area (Å²) in [4.78, 5) is 0. The zero-order chi connectivity index (χ0) is 11.3. The Hall–Kier alpha value is 0.180. The summed E-state index contributed by atoms with van der Waals surface area (Å²) in [5.74, 6) is 3.58. The Kier molecular flexibility index (Phi) is 2.91. The zero-order valence-electron chi connectivity index (χ0n) is 10.3. The molecule has 1 nitrogen and oxygen atoms in total. The van der Waals surface area contributed by atoms with Crippen LogP contribution in [0.15, 0.2) is 10.1 Å². The first-order chi connectivity index (χ1) is 7.65. The maximum absolute atomic E-state index is 3.84. The van der Waals surface area contributed by atoms with Crippen LogP contribution in [0.4, 0.5) is 0 Å². The number of allylic oxidation sites excluding steroid dienone is 1. The summed E-state index contributed by atoms with van der Waals surface area (Å²) in [5.41, 5.74) is 1.62. The molecule has 0 amide bonds. The normalized spacial score (nSPS) is 47.8. The van der Waals surface area contributed by atoms with Crippen LogP contribution in [-0.4, -0.2) is 12.6 Å². The van der Waals surface area contributed by atoms with E-state index in [-0.39, 0.29) is 0 Å². The maximum atomic E-state index is 3.84. The third-order valence-corrected chi connectivity index (χ3v) is 6.10. The molecule has 1 N–H and O–H groups in total. The zero-order valence-corrected chi connectivity index (χ0v) is 11.9. The lowest BCUT2D eigenvalue weighted by atomic mass is 9.67. The summed E-state index contributed by atoms with van der Waals surface area (Å²) in [5, 5.41) is 3.82. The molecule has 2 fully saturated rings. The van der Waals surface area contributed by atoms with Crippen molar-refractivity contribution in [3.63, 3.8) is 0 Å². The number of piperidine rings is 1. The Balaban J connectivity index is 1.92. The topological polar surface area (TPSA) is 12.0 Å². The number of rotatable bonds is 0. The maximum Gasteiger partial charge on any atom is 0.0101 e. The average Bonchev–Trinajstić information content (AvgIpc) is 2.36. The summed E-state index contributed by atoms with van der Waals surface area (Å²) in [6, 6.07) is 0.816. The van der Waals surface area contributed by atoms with Gasteiger partial charge in [-0.3, -0.25) is 0 Å². The number of fused-ring (bicyclic) bond motifs is 1. The molecule has 0 radical (unpaired) electrons. The van der Waals surface area contributed by atoms with Gasteiger partial charge in [-0.25, -0.2) is 0 Å². The molecule has 5 atom stereocenters. The molecule has 1 heterocycles. The van der Waals surface area contributed by atoms with E-state index >= 15 is 0 Å². The van der Waals surface area contributed by atoms with E-state index < -0.39 is 0 Å². The third-order valence-electron chi connectivity index (χ3n) is 5.15. The van der Waals surface area contributed by atoms with Gasteiger partial charge in [0.1, 0.15) is 0 Å². The van der Waals surface area contributed by atoms with Gasteiger partial charge in [-0.1, -0.05) is 28.4 Å². The quantitative estimate of drug-likeness (QED) is 0.715. The van der Waals surface area contributed by atoms with Gasteiger partial charge in [-0.15, -0.1) is 0 Å². The Morgan fingerprint density at radius 3 is 2.88 bits per heavy atom. The molecule has 1 saturated carbocycles. The van der Waals surface area contributed by atoms with Crippen molar-refractivity contribution in [2.24, 2.45) is 23.7 Å². The fourth-order valence-corrected chi connectivity index (χ4v) is 4.94. The Bertz CT molecular complexity index is 323. The lowest BCUT2D eigenvalue weighted by molar-refractivity contribution is 0.0952. The van der Waals surface area contributed by atoms with Gasteiger partial charge in [-0.05, 0) is 60.8 Å². The van der Waals surface area contributed by atoms with Crippen LogP contribution in [-0.2, 0) is 0 Å². The third kappa shape index (κ3) is 1.78. The molecule has 16 heavy (non-hydrogen) atoms. The second-order valence-electron chi connectivity index (χ2n) is 6.24. The van der Waals surface area contributed by atoms with Crippen LogP contribution in [0.5, 0.6) is 0 Å². The molecule has 0 aromatic carbocycles. The first kappa shape index (κ1) is 11.3. The fourth-order valence-electron chi connectivity index (χ4n) is 4.20. The first-order valence-corrected chi connectivity index (χ1v) is 7.53. The summed E-state index contributed by atoms with van der Waals surface area (Å²) in [6.45, 7) is 5.97. The van der Waals surface area contributed by atoms with Crippen molar-refractivity contribution in [2.75, 3.05) is 6.54 Å². The Morgan fingerprint density at radius 1 is 1.25 bits per heavy atom. The highest BCUT2D eigenvalue weighted by Gasteiger charge is 2.42. The Labute approximate surface area is 107 Å². The summed E-state index contributed by atoms with van der Waals surface area (Å²) >= 11 is 3.84. The number of halogens is 1. The largest absolute Gasteiger partial charge is 0.313 e. The van der Waals surface area contributed by atoms with Crippen molar-refractivity contribution >= 4 is 15.9 Å². The summed E-state index contributed by atoms with van der Waals surface area (Å²) in [7, 11) is 0. The highest BCUT2D eigenvalue weighted by molar-refractivity contribution is 9.11. The van der Waals surface area contributed by atoms with Gasteiger partial charge in [0.25, 0.3) is 0 Å². The monoisotopic (exact) mass is 283 g/mol. The molecule has 2 aliphatic carbocycles. The van der Waals surface area contributed by atoms with E-state index in [0.717, 1.165) is 29.7 Å². The smallest absolute Gasteiger partial charge is 0.0101 e. The average molecular weight is 284 g/mol. The van der Waals surface area contributed by atoms with Gasteiger partial charge < -0.3 is 5.32 Å². The van der Waals surface area contributed by atoms with Crippen molar-refractivity contribution in [2.45, 2.75) is 45.6 Å². The predicted molar refractivity (Wildman–Crippen MR) is 71.5 cm³/mol. The molecule has 90 valence electrons. The van der Waals surface area contributed by atoms with Crippen LogP contribution in [0.2, 0.25) is 0 Å². The number of nitrogens with one attached hydrogen (secondary N) is 1. The van der Waals surface area contributed by atoms with Crippen LogP contribution in [0.1, 0.15) is 39.5 Å². The van der Waals surface area contributed by atoms with Crippen LogP contribution < -0.4 is 5.32 Å². The van der Waals surface area contributed by atoms with E-state index in [0.29, 0.717) is 0 Å². The molecule has 1 saturated heterocycles. The van der Waals surface area contributed by atoms with Crippen molar-refractivity contribution in [1.82, 2.24) is 5.32 Å². The predicted octanol–water partition coefficient (Wildman–Crippen LogP) is 3.70. The SMILES string of the molecule is CC1=C(Br)C[C@@H]2C[C@@H](C)C[C@@H]3NC[C@H]1C[C@H]23. The van der Waals surface area contributed by atoms with Crippen LogP contribution >= 0.6 is 15.9 Å². The second-order valence-corrected chi connectivity index (χ2v) is 7.20. The van der Waals surface area contributed by atoms with Gasteiger partial charge in [0.2, 0.25) is 0 Å². The molecule has 0 unspecified atom stereocenters. The van der Waals surface area contributed by atoms with Crippen molar-refractivity contribution in [3.05, 3.63) is 10.1 Å². The summed E-state index contributed by atoms with van der Waals surface area (Å²) in [6.07, 6.45) is 5.59. The highest BCUT2D eigenvalue weighted by atomic mass is 79.9. The van der Waals surface area contributed by atoms with Crippen LogP contribution in [0.3, 0.4) is 0 Å². The summed E-state index contributed by atoms with van der Waals surface area (Å²) < 4.78 is 1.52. The van der Waals surface area contributed by atoms with Gasteiger partial charge in [-0.2, -0.15) is 0 Å². The van der Waals surface area contributed by atoms with E-state index in [1.54, 1.807) is 5.57 Å². The van der Waals surface area contributed by atoms with Gasteiger partial charge >= 0.3 is 0 Å². The van der Waals surface area contributed by atoms with Gasteiger partial charge in [0.15, 0.2) is 0 Å². The van der Waals surface area contributed by atoms with E-state index in [1.807, 2.05) is 0 Å². The second kappa shape index (κ2) is 4.13. The lowest BCUT2D eigenvalue weighted by Gasteiger charge is -2.45. The molecular weight excluding hydrogens is 262 g/mol. The minimum atomic E-state index is 0.800. The molecule has 3 rings (SSSR count). The molecule has 2 bridgehead atoms. The van der Waals surface area contributed by atoms with Crippen LogP contribution in [0, 0.1) is 23.7 Å². The van der Waals surface area contributed by atoms with Crippen LogP contribution in [0.25, 0.3) is 0 Å². The molecule has 3 aliphatic rings. The molecule has 1 aliphatic heterocycles. The minimum absolute atomic E-state index is 0.800. The molecule has 0 spiro atoms. The standard InChI is InChI=1S/C14H22BrN/c1-8-3-10-6-13(15)9(2)11-5-12(10)14(4-8)16-7-11/h8,10-12,14,16H,3-7H2,1-2H3/t8-,10+,11-,12-,14+/m1/s1. The molecular formula is C14H22BrN. The first-order valence-electron chi connectivity index (χ1n) is 6.73. The minimum Gasteiger partial charge on any atom is -0.313 e. The lowest BCUT2D eigenvalue weighted by Crippen LogP contribution is -2.50. The highest BCUT2D eigenvalue weighted by Crippen LogP contribution is 2.47. The molecule has 0 aromatic heterocycles. The van der Waals surface area contributed by atoms with E-state index in [1.165, 1.54) is 36.7 Å². The van der Waals surface area contributed by atoms with E-state index in [9.17, 15) is 0 Å². The van der Waals surface area contributed by atoms with E-state index in [4.69, 9.17) is 0 Å². The molecule has 0 aromatic rings.